The van der Waals surface area contributed by atoms with Crippen molar-refractivity contribution in [1.29, 1.82) is 0 Å². The second-order valence-electron chi connectivity index (χ2n) is 6.01. The molecule has 2 rings (SSSR count). The van der Waals surface area contributed by atoms with E-state index in [1.165, 1.54) is 6.42 Å². The van der Waals surface area contributed by atoms with Gasteiger partial charge in [0.2, 0.25) is 5.91 Å². The molecule has 20 heavy (non-hydrogen) atoms. The second-order valence-corrected chi connectivity index (χ2v) is 6.01. The highest BCUT2D eigenvalue weighted by Crippen LogP contribution is 2.27. The molecule has 1 fully saturated rings. The summed E-state index contributed by atoms with van der Waals surface area (Å²) in [4.78, 5) is 23.7. The first-order valence-corrected chi connectivity index (χ1v) is 7.47. The summed E-state index contributed by atoms with van der Waals surface area (Å²) in [6.45, 7) is 4.21. The van der Waals surface area contributed by atoms with E-state index in [1.807, 2.05) is 17.2 Å². The quantitative estimate of drug-likeness (QED) is 0.775. The number of nitrogens with one attached hydrogen (secondary N) is 1. The van der Waals surface area contributed by atoms with Gasteiger partial charge in [0.1, 0.15) is 0 Å². The van der Waals surface area contributed by atoms with E-state index in [9.17, 15) is 14.7 Å². The van der Waals surface area contributed by atoms with Crippen LogP contribution in [0.3, 0.4) is 0 Å². The van der Waals surface area contributed by atoms with Crippen LogP contribution in [0.1, 0.15) is 46.0 Å². The molecule has 0 saturated carbocycles. The smallest absolute Gasteiger partial charge is 0.307 e. The minimum atomic E-state index is -0.880. The third-order valence-corrected chi connectivity index (χ3v) is 4.52. The number of hydrazine groups is 1. The van der Waals surface area contributed by atoms with Crippen molar-refractivity contribution in [2.75, 3.05) is 0 Å². The Morgan fingerprint density at radius 2 is 1.65 bits per heavy atom. The number of nitrogens with zero attached hydrogens (tertiary/aromatic N) is 1. The molecule has 1 saturated heterocycles. The Hall–Kier alpha value is -1.36. The van der Waals surface area contributed by atoms with Gasteiger partial charge in [-0.2, -0.15) is 0 Å². The van der Waals surface area contributed by atoms with Crippen molar-refractivity contribution < 1.29 is 14.7 Å². The number of rotatable bonds is 3. The number of hydrogen-bond donors (Lipinski definition) is 2. The number of carbonyl (C=O) groups excluding carboxylic acids is 1. The molecule has 2 N–H and O–H groups in total. The summed E-state index contributed by atoms with van der Waals surface area (Å²) in [6, 6.07) is 0.621. The number of hydrogen-bond acceptors (Lipinski definition) is 3. The molecule has 0 bridgehead atoms. The molecule has 1 heterocycles. The van der Waals surface area contributed by atoms with Gasteiger partial charge in [-0.15, -0.1) is 0 Å². The van der Waals surface area contributed by atoms with Crippen molar-refractivity contribution in [3.05, 3.63) is 12.2 Å². The molecule has 0 aromatic carbocycles. The molecule has 1 aliphatic carbocycles. The van der Waals surface area contributed by atoms with Crippen LogP contribution in [0.4, 0.5) is 0 Å². The van der Waals surface area contributed by atoms with Crippen molar-refractivity contribution in [3.63, 3.8) is 0 Å². The molecule has 0 aromatic rings. The van der Waals surface area contributed by atoms with Crippen molar-refractivity contribution in [1.82, 2.24) is 10.4 Å². The lowest BCUT2D eigenvalue weighted by molar-refractivity contribution is -0.149. The number of allylic oxidation sites excluding steroid dienone is 2. The maximum Gasteiger partial charge on any atom is 0.307 e. The Morgan fingerprint density at radius 1 is 1.10 bits per heavy atom. The number of amides is 1. The molecule has 1 aliphatic heterocycles. The lowest BCUT2D eigenvalue weighted by atomic mass is 9.82. The minimum Gasteiger partial charge on any atom is -0.481 e. The largest absolute Gasteiger partial charge is 0.481 e. The van der Waals surface area contributed by atoms with Crippen molar-refractivity contribution in [2.45, 2.75) is 58.0 Å². The van der Waals surface area contributed by atoms with E-state index < -0.39 is 17.8 Å². The second kappa shape index (κ2) is 6.39. The van der Waals surface area contributed by atoms with Crippen molar-refractivity contribution >= 4 is 11.9 Å². The van der Waals surface area contributed by atoms with Crippen LogP contribution in [-0.4, -0.2) is 34.1 Å². The summed E-state index contributed by atoms with van der Waals surface area (Å²) in [7, 11) is 0. The van der Waals surface area contributed by atoms with Gasteiger partial charge in [-0.1, -0.05) is 18.6 Å². The summed E-state index contributed by atoms with van der Waals surface area (Å²) in [6.07, 6.45) is 8.03. The molecule has 112 valence electrons. The van der Waals surface area contributed by atoms with Crippen LogP contribution in [0.15, 0.2) is 12.2 Å². The average molecular weight is 280 g/mol. The first-order chi connectivity index (χ1) is 9.50. The van der Waals surface area contributed by atoms with Gasteiger partial charge in [0, 0.05) is 12.1 Å². The number of carboxylic acids is 1. The standard InChI is InChI=1S/C15H24N2O3/c1-10-6-5-7-11(2)17(10)16-14(18)12-8-3-4-9-13(12)15(19)20/h3-4,10-13H,5-9H2,1-2H3,(H,16,18)(H,19,20). The predicted octanol–water partition coefficient (Wildman–Crippen LogP) is 1.95. The maximum atomic E-state index is 12.4. The maximum absolute atomic E-state index is 12.4. The van der Waals surface area contributed by atoms with E-state index in [4.69, 9.17) is 0 Å². The van der Waals surface area contributed by atoms with E-state index in [1.54, 1.807) is 0 Å². The molecule has 0 aromatic heterocycles. The van der Waals surface area contributed by atoms with E-state index in [0.717, 1.165) is 12.8 Å². The molecule has 0 spiro atoms. The van der Waals surface area contributed by atoms with Gasteiger partial charge in [0.25, 0.3) is 0 Å². The zero-order chi connectivity index (χ0) is 14.7. The first-order valence-electron chi connectivity index (χ1n) is 7.47. The Kier molecular flexibility index (Phi) is 4.81. The van der Waals surface area contributed by atoms with Gasteiger partial charge < -0.3 is 5.11 Å². The van der Waals surface area contributed by atoms with Crippen LogP contribution in [0.5, 0.6) is 0 Å². The Bertz CT molecular complexity index is 398. The van der Waals surface area contributed by atoms with Gasteiger partial charge in [-0.25, -0.2) is 5.01 Å². The zero-order valence-corrected chi connectivity index (χ0v) is 12.2. The Balaban J connectivity index is 2.02. The molecular weight excluding hydrogens is 256 g/mol. The van der Waals surface area contributed by atoms with Crippen LogP contribution in [0.25, 0.3) is 0 Å². The molecule has 5 heteroatoms. The number of carboxylic acid groups (broad SMARTS) is 1. The topological polar surface area (TPSA) is 69.6 Å². The third-order valence-electron chi connectivity index (χ3n) is 4.52. The normalized spacial score (nSPS) is 34.7. The monoisotopic (exact) mass is 280 g/mol. The minimum absolute atomic E-state index is 0.151. The van der Waals surface area contributed by atoms with Crippen LogP contribution in [-0.2, 0) is 9.59 Å². The summed E-state index contributed by atoms with van der Waals surface area (Å²) in [5.74, 6) is -2.09. The summed E-state index contributed by atoms with van der Waals surface area (Å²) in [5, 5.41) is 11.2. The summed E-state index contributed by atoms with van der Waals surface area (Å²) < 4.78 is 0. The number of carbonyl (C=O) groups is 2. The zero-order valence-electron chi connectivity index (χ0n) is 12.2. The van der Waals surface area contributed by atoms with Gasteiger partial charge in [-0.05, 0) is 39.5 Å². The van der Waals surface area contributed by atoms with Crippen LogP contribution in [0.2, 0.25) is 0 Å². The molecule has 4 atom stereocenters. The fraction of sp³-hybridized carbons (Fsp3) is 0.733. The fourth-order valence-corrected chi connectivity index (χ4v) is 3.23. The van der Waals surface area contributed by atoms with E-state index in [0.29, 0.717) is 24.9 Å². The highest BCUT2D eigenvalue weighted by molar-refractivity contribution is 5.85. The van der Waals surface area contributed by atoms with Crippen LogP contribution >= 0.6 is 0 Å². The lowest BCUT2D eigenvalue weighted by Crippen LogP contribution is -2.56. The Morgan fingerprint density at radius 3 is 2.20 bits per heavy atom. The molecule has 4 unspecified atom stereocenters. The predicted molar refractivity (Wildman–Crippen MR) is 75.7 cm³/mol. The van der Waals surface area contributed by atoms with Gasteiger partial charge >= 0.3 is 5.97 Å². The van der Waals surface area contributed by atoms with E-state index >= 15 is 0 Å². The molecule has 2 aliphatic rings. The van der Waals surface area contributed by atoms with Crippen molar-refractivity contribution in [3.8, 4) is 0 Å². The summed E-state index contributed by atoms with van der Waals surface area (Å²) in [5.41, 5.74) is 2.97. The summed E-state index contributed by atoms with van der Waals surface area (Å²) >= 11 is 0. The van der Waals surface area contributed by atoms with E-state index in [-0.39, 0.29) is 5.91 Å². The van der Waals surface area contributed by atoms with Crippen LogP contribution in [0, 0.1) is 11.8 Å². The van der Waals surface area contributed by atoms with Gasteiger partial charge in [-0.3, -0.25) is 15.0 Å². The highest BCUT2D eigenvalue weighted by atomic mass is 16.4. The molecule has 1 amide bonds. The number of piperidine rings is 1. The van der Waals surface area contributed by atoms with E-state index in [2.05, 4.69) is 19.3 Å². The SMILES string of the molecule is CC1CCCC(C)N1NC(=O)C1CC=CCC1C(=O)O. The van der Waals surface area contributed by atoms with Gasteiger partial charge in [0.05, 0.1) is 11.8 Å². The third kappa shape index (κ3) is 3.20. The lowest BCUT2D eigenvalue weighted by Gasteiger charge is -2.40. The number of aliphatic carboxylic acids is 1. The van der Waals surface area contributed by atoms with Gasteiger partial charge in [0.15, 0.2) is 0 Å². The molecule has 5 nitrogen and oxygen atoms in total. The van der Waals surface area contributed by atoms with Crippen LogP contribution < -0.4 is 5.43 Å². The molecule has 0 radical (unpaired) electrons. The molecular formula is C15H24N2O3. The fourth-order valence-electron chi connectivity index (χ4n) is 3.23. The van der Waals surface area contributed by atoms with Crippen molar-refractivity contribution in [2.24, 2.45) is 11.8 Å². The average Bonchev–Trinajstić information content (AvgIpc) is 2.43. The first kappa shape index (κ1) is 15.0. The Labute approximate surface area is 120 Å². The highest BCUT2D eigenvalue weighted by Gasteiger charge is 2.36.